The number of fused-ring (bicyclic) bond motifs is 1. The van der Waals surface area contributed by atoms with Crippen LogP contribution in [-0.2, 0) is 0 Å². The van der Waals surface area contributed by atoms with Crippen molar-refractivity contribution in [2.24, 2.45) is 0 Å². The van der Waals surface area contributed by atoms with E-state index in [1.807, 2.05) is 49.4 Å². The lowest BCUT2D eigenvalue weighted by atomic mass is 10.2. The van der Waals surface area contributed by atoms with Gasteiger partial charge in [0.2, 0.25) is 0 Å². The molecule has 0 unspecified atom stereocenters. The van der Waals surface area contributed by atoms with Crippen LogP contribution in [0.1, 0.15) is 5.56 Å². The smallest absolute Gasteiger partial charge is 0.273 e. The average molecular weight is 271 g/mol. The van der Waals surface area contributed by atoms with Crippen molar-refractivity contribution < 1.29 is 4.74 Å². The number of aromatic nitrogens is 1. The summed E-state index contributed by atoms with van der Waals surface area (Å²) in [6, 6.07) is 13.5. The van der Waals surface area contributed by atoms with E-state index in [-0.39, 0.29) is 5.56 Å². The van der Waals surface area contributed by atoms with Crippen molar-refractivity contribution in [3.8, 4) is 11.4 Å². The number of rotatable bonds is 2. The lowest BCUT2D eigenvalue weighted by Gasteiger charge is -2.08. The second-order valence-electron chi connectivity index (χ2n) is 4.36. The Balaban J connectivity index is 2.33. The van der Waals surface area contributed by atoms with Gasteiger partial charge in [-0.3, -0.25) is 4.79 Å². The lowest BCUT2D eigenvalue weighted by molar-refractivity contribution is 0.413. The van der Waals surface area contributed by atoms with Gasteiger partial charge in [-0.25, -0.2) is 3.96 Å². The molecule has 0 fully saturated rings. The van der Waals surface area contributed by atoms with Gasteiger partial charge in [0.05, 0.1) is 17.2 Å². The summed E-state index contributed by atoms with van der Waals surface area (Å²) in [5, 5.41) is 0.746. The fourth-order valence-corrected chi connectivity index (χ4v) is 3.10. The van der Waals surface area contributed by atoms with Crippen LogP contribution in [0.5, 0.6) is 5.75 Å². The second-order valence-corrected chi connectivity index (χ2v) is 5.35. The van der Waals surface area contributed by atoms with Gasteiger partial charge < -0.3 is 4.74 Å². The molecule has 0 saturated heterocycles. The Bertz CT molecular complexity index is 801. The molecule has 19 heavy (non-hydrogen) atoms. The number of hydrogen-bond acceptors (Lipinski definition) is 3. The fraction of sp³-hybridized carbons (Fsp3) is 0.133. The molecule has 0 radical (unpaired) electrons. The first kappa shape index (κ1) is 12.0. The summed E-state index contributed by atoms with van der Waals surface area (Å²) in [6.45, 7) is 2.00. The zero-order valence-electron chi connectivity index (χ0n) is 10.7. The maximum atomic E-state index is 12.4. The Hall–Kier alpha value is -2.07. The molecule has 0 amide bonds. The van der Waals surface area contributed by atoms with E-state index in [9.17, 15) is 4.79 Å². The first-order valence-corrected chi connectivity index (χ1v) is 6.74. The van der Waals surface area contributed by atoms with Crippen molar-refractivity contribution in [2.45, 2.75) is 6.92 Å². The van der Waals surface area contributed by atoms with Crippen LogP contribution in [0.3, 0.4) is 0 Å². The predicted molar refractivity (Wildman–Crippen MR) is 78.7 cm³/mol. The van der Waals surface area contributed by atoms with Gasteiger partial charge in [0.15, 0.2) is 0 Å². The van der Waals surface area contributed by atoms with Gasteiger partial charge in [-0.05, 0) is 36.8 Å². The molecule has 0 aliphatic heterocycles. The summed E-state index contributed by atoms with van der Waals surface area (Å²) in [6.07, 6.45) is 0. The first-order chi connectivity index (χ1) is 9.20. The molecule has 2 aromatic carbocycles. The number of nitrogens with zero attached hydrogens (tertiary/aromatic N) is 1. The molecule has 3 rings (SSSR count). The molecule has 0 N–H and O–H groups in total. The van der Waals surface area contributed by atoms with Crippen molar-refractivity contribution >= 4 is 21.6 Å². The molecule has 0 atom stereocenters. The highest BCUT2D eigenvalue weighted by Crippen LogP contribution is 2.27. The minimum atomic E-state index is 0.00417. The van der Waals surface area contributed by atoms with E-state index in [0.29, 0.717) is 5.75 Å². The molecule has 3 nitrogen and oxygen atoms in total. The predicted octanol–water partition coefficient (Wildman–Crippen LogP) is 3.37. The maximum absolute atomic E-state index is 12.4. The molecule has 96 valence electrons. The van der Waals surface area contributed by atoms with Gasteiger partial charge in [-0.2, -0.15) is 0 Å². The van der Waals surface area contributed by atoms with Crippen molar-refractivity contribution in [1.82, 2.24) is 3.96 Å². The lowest BCUT2D eigenvalue weighted by Crippen LogP contribution is -2.11. The highest BCUT2D eigenvalue weighted by atomic mass is 32.1. The van der Waals surface area contributed by atoms with Gasteiger partial charge in [-0.1, -0.05) is 29.7 Å². The summed E-state index contributed by atoms with van der Waals surface area (Å²) in [4.78, 5) is 12.4. The molecule has 0 aliphatic rings. The molecule has 4 heteroatoms. The Morgan fingerprint density at radius 3 is 2.68 bits per heavy atom. The minimum absolute atomic E-state index is 0.00417. The molecule has 3 aromatic rings. The number of aryl methyl sites for hydroxylation is 1. The molecular weight excluding hydrogens is 258 g/mol. The molecule has 1 heterocycles. The summed E-state index contributed by atoms with van der Waals surface area (Å²) in [7, 11) is 1.62. The Morgan fingerprint density at radius 2 is 1.95 bits per heavy atom. The fourth-order valence-electron chi connectivity index (χ4n) is 2.09. The van der Waals surface area contributed by atoms with Gasteiger partial charge in [-0.15, -0.1) is 0 Å². The van der Waals surface area contributed by atoms with Crippen molar-refractivity contribution in [3.63, 3.8) is 0 Å². The van der Waals surface area contributed by atoms with Crippen LogP contribution in [0.2, 0.25) is 0 Å². The van der Waals surface area contributed by atoms with Crippen molar-refractivity contribution in [2.75, 3.05) is 7.11 Å². The summed E-state index contributed by atoms with van der Waals surface area (Å²) in [5.41, 5.74) is 1.90. The molecule has 0 saturated carbocycles. The average Bonchev–Trinajstić information content (AvgIpc) is 2.76. The van der Waals surface area contributed by atoms with Gasteiger partial charge >= 0.3 is 0 Å². The monoisotopic (exact) mass is 271 g/mol. The minimum Gasteiger partial charge on any atom is -0.495 e. The number of ether oxygens (including phenoxy) is 1. The third-order valence-electron chi connectivity index (χ3n) is 3.04. The van der Waals surface area contributed by atoms with E-state index in [0.717, 1.165) is 21.3 Å². The normalized spacial score (nSPS) is 10.8. The van der Waals surface area contributed by atoms with E-state index < -0.39 is 0 Å². The zero-order valence-corrected chi connectivity index (χ0v) is 11.5. The van der Waals surface area contributed by atoms with Crippen LogP contribution in [-0.4, -0.2) is 11.1 Å². The van der Waals surface area contributed by atoms with E-state index in [1.54, 1.807) is 11.1 Å². The van der Waals surface area contributed by atoms with Crippen LogP contribution < -0.4 is 10.3 Å². The maximum Gasteiger partial charge on any atom is 0.273 e. The van der Waals surface area contributed by atoms with Crippen LogP contribution in [0.25, 0.3) is 15.8 Å². The van der Waals surface area contributed by atoms with E-state index in [4.69, 9.17) is 4.74 Å². The van der Waals surface area contributed by atoms with Crippen LogP contribution in [0.15, 0.2) is 47.3 Å². The third-order valence-corrected chi connectivity index (χ3v) is 4.14. The van der Waals surface area contributed by atoms with Gasteiger partial charge in [0.1, 0.15) is 11.4 Å². The summed E-state index contributed by atoms with van der Waals surface area (Å²) in [5.74, 6) is 0.708. The standard InChI is InChI=1S/C15H13NO2S/c1-10-7-8-13(18-2)12(9-10)16-15(17)11-5-3-4-6-14(11)19-16/h3-9H,1-2H3. The van der Waals surface area contributed by atoms with E-state index in [2.05, 4.69) is 0 Å². The van der Waals surface area contributed by atoms with E-state index in [1.165, 1.54) is 11.5 Å². The van der Waals surface area contributed by atoms with Crippen LogP contribution in [0, 0.1) is 6.92 Å². The molecule has 0 spiro atoms. The largest absolute Gasteiger partial charge is 0.495 e. The second kappa shape index (κ2) is 4.55. The first-order valence-electron chi connectivity index (χ1n) is 5.97. The van der Waals surface area contributed by atoms with Gasteiger partial charge in [0, 0.05) is 0 Å². The van der Waals surface area contributed by atoms with E-state index >= 15 is 0 Å². The van der Waals surface area contributed by atoms with Crippen LogP contribution in [0.4, 0.5) is 0 Å². The SMILES string of the molecule is COc1ccc(C)cc1-n1sc2ccccc2c1=O. The molecular formula is C15H13NO2S. The topological polar surface area (TPSA) is 31.2 Å². The number of benzene rings is 2. The van der Waals surface area contributed by atoms with Crippen molar-refractivity contribution in [3.05, 3.63) is 58.4 Å². The molecule has 0 aliphatic carbocycles. The quantitative estimate of drug-likeness (QED) is 0.715. The number of methoxy groups -OCH3 is 1. The third kappa shape index (κ3) is 1.94. The van der Waals surface area contributed by atoms with Gasteiger partial charge in [0.25, 0.3) is 5.56 Å². The highest BCUT2D eigenvalue weighted by Gasteiger charge is 2.12. The summed E-state index contributed by atoms with van der Waals surface area (Å²) < 4.78 is 8.03. The van der Waals surface area contributed by atoms with Crippen LogP contribution >= 0.6 is 11.5 Å². The Labute approximate surface area is 114 Å². The number of hydrogen-bond donors (Lipinski definition) is 0. The Kier molecular flexibility index (Phi) is 2.87. The van der Waals surface area contributed by atoms with Crippen molar-refractivity contribution in [1.29, 1.82) is 0 Å². The molecule has 1 aromatic heterocycles. The highest BCUT2D eigenvalue weighted by molar-refractivity contribution is 7.14. The Morgan fingerprint density at radius 1 is 1.16 bits per heavy atom. The molecule has 0 bridgehead atoms. The zero-order chi connectivity index (χ0) is 13.4. The summed E-state index contributed by atoms with van der Waals surface area (Å²) >= 11 is 1.44.